The first-order chi connectivity index (χ1) is 8.29. The first-order valence-corrected chi connectivity index (χ1v) is 6.52. The highest BCUT2D eigenvalue weighted by Crippen LogP contribution is 2.27. The van der Waals surface area contributed by atoms with Crippen LogP contribution in [0.3, 0.4) is 0 Å². The third-order valence-corrected chi connectivity index (χ3v) is 3.67. The summed E-state index contributed by atoms with van der Waals surface area (Å²) in [4.78, 5) is 8.40. The van der Waals surface area contributed by atoms with E-state index < -0.39 is 0 Å². The molecular formula is C12H12ClN3S. The van der Waals surface area contributed by atoms with Gasteiger partial charge in [0.15, 0.2) is 0 Å². The van der Waals surface area contributed by atoms with Gasteiger partial charge in [0.05, 0.1) is 5.02 Å². The summed E-state index contributed by atoms with van der Waals surface area (Å²) in [6.07, 6.45) is 3.54. The molecule has 1 N–H and O–H groups in total. The summed E-state index contributed by atoms with van der Waals surface area (Å²) in [6.45, 7) is 0. The molecule has 0 saturated heterocycles. The molecule has 2 heterocycles. The molecule has 2 aromatic heterocycles. The number of thioether (sulfide) groups is 1. The predicted molar refractivity (Wildman–Crippen MR) is 72.6 cm³/mol. The van der Waals surface area contributed by atoms with E-state index in [0.29, 0.717) is 5.02 Å². The molecule has 0 aromatic carbocycles. The molecule has 0 amide bonds. The standard InChI is InChI=1S/C12H12ClN3S/c1-14-11-7-9(4-6-15-11)8-17-12-10(13)3-2-5-16-12/h2-7H,8H2,1H3,(H,14,15). The topological polar surface area (TPSA) is 37.8 Å². The van der Waals surface area contributed by atoms with Crippen molar-refractivity contribution in [2.75, 3.05) is 12.4 Å². The molecular weight excluding hydrogens is 254 g/mol. The second-order valence-corrected chi connectivity index (χ2v) is 4.75. The van der Waals surface area contributed by atoms with Crippen LogP contribution in [0.1, 0.15) is 5.56 Å². The fraction of sp³-hybridized carbons (Fsp3) is 0.167. The van der Waals surface area contributed by atoms with Gasteiger partial charge in [0, 0.05) is 25.2 Å². The quantitative estimate of drug-likeness (QED) is 0.859. The number of nitrogens with zero attached hydrogens (tertiary/aromatic N) is 2. The highest BCUT2D eigenvalue weighted by atomic mass is 35.5. The van der Waals surface area contributed by atoms with Crippen LogP contribution < -0.4 is 5.32 Å². The Hall–Kier alpha value is -1.26. The van der Waals surface area contributed by atoms with Crippen LogP contribution in [0.15, 0.2) is 41.7 Å². The van der Waals surface area contributed by atoms with Gasteiger partial charge in [-0.2, -0.15) is 0 Å². The number of hydrogen-bond acceptors (Lipinski definition) is 4. The maximum Gasteiger partial charge on any atom is 0.125 e. The highest BCUT2D eigenvalue weighted by molar-refractivity contribution is 7.98. The normalized spacial score (nSPS) is 10.2. The number of aromatic nitrogens is 2. The molecule has 0 bridgehead atoms. The summed E-state index contributed by atoms with van der Waals surface area (Å²) in [5.41, 5.74) is 1.19. The SMILES string of the molecule is CNc1cc(CSc2ncccc2Cl)ccn1. The van der Waals surface area contributed by atoms with Gasteiger partial charge >= 0.3 is 0 Å². The Morgan fingerprint density at radius 1 is 1.29 bits per heavy atom. The molecule has 0 unspecified atom stereocenters. The van der Waals surface area contributed by atoms with Gasteiger partial charge in [-0.15, -0.1) is 11.8 Å². The van der Waals surface area contributed by atoms with E-state index >= 15 is 0 Å². The summed E-state index contributed by atoms with van der Waals surface area (Å²) in [5.74, 6) is 1.70. The van der Waals surface area contributed by atoms with Crippen LogP contribution in [0.2, 0.25) is 5.02 Å². The largest absolute Gasteiger partial charge is 0.373 e. The minimum absolute atomic E-state index is 0.695. The number of hydrogen-bond donors (Lipinski definition) is 1. The minimum atomic E-state index is 0.695. The first kappa shape index (κ1) is 12.2. The number of rotatable bonds is 4. The summed E-state index contributed by atoms with van der Waals surface area (Å²) in [6, 6.07) is 7.69. The molecule has 0 aliphatic rings. The second-order valence-electron chi connectivity index (χ2n) is 3.38. The summed E-state index contributed by atoms with van der Waals surface area (Å²) in [5, 5.41) is 4.57. The predicted octanol–water partition coefficient (Wildman–Crippen LogP) is 3.46. The highest BCUT2D eigenvalue weighted by Gasteiger charge is 2.02. The van der Waals surface area contributed by atoms with Crippen molar-refractivity contribution in [3.05, 3.63) is 47.2 Å². The maximum absolute atomic E-state index is 6.04. The first-order valence-electron chi connectivity index (χ1n) is 5.15. The van der Waals surface area contributed by atoms with Crippen LogP contribution in [0.5, 0.6) is 0 Å². The Kier molecular flexibility index (Phi) is 4.23. The van der Waals surface area contributed by atoms with E-state index in [9.17, 15) is 0 Å². The molecule has 0 aliphatic heterocycles. The molecule has 0 atom stereocenters. The maximum atomic E-state index is 6.04. The van der Waals surface area contributed by atoms with E-state index in [2.05, 4.69) is 15.3 Å². The fourth-order valence-electron chi connectivity index (χ4n) is 1.33. The van der Waals surface area contributed by atoms with E-state index in [-0.39, 0.29) is 0 Å². The van der Waals surface area contributed by atoms with Gasteiger partial charge in [-0.05, 0) is 29.8 Å². The van der Waals surface area contributed by atoms with Gasteiger partial charge < -0.3 is 5.32 Å². The molecule has 0 saturated carbocycles. The number of anilines is 1. The molecule has 0 fully saturated rings. The lowest BCUT2D eigenvalue weighted by Gasteiger charge is -2.04. The molecule has 5 heteroatoms. The van der Waals surface area contributed by atoms with Crippen molar-refractivity contribution in [2.45, 2.75) is 10.8 Å². The number of nitrogens with one attached hydrogen (secondary N) is 1. The molecule has 3 nitrogen and oxygen atoms in total. The second kappa shape index (κ2) is 5.89. The van der Waals surface area contributed by atoms with Crippen molar-refractivity contribution in [3.8, 4) is 0 Å². The monoisotopic (exact) mass is 265 g/mol. The van der Waals surface area contributed by atoms with E-state index in [4.69, 9.17) is 11.6 Å². The zero-order chi connectivity index (χ0) is 12.1. The Morgan fingerprint density at radius 3 is 2.94 bits per heavy atom. The van der Waals surface area contributed by atoms with Gasteiger partial charge in [0.2, 0.25) is 0 Å². The van der Waals surface area contributed by atoms with Gasteiger partial charge in [0.25, 0.3) is 0 Å². The van der Waals surface area contributed by atoms with Crippen LogP contribution in [-0.4, -0.2) is 17.0 Å². The van der Waals surface area contributed by atoms with Crippen molar-refractivity contribution in [2.24, 2.45) is 0 Å². The number of halogens is 1. The Labute approximate surface area is 110 Å². The summed E-state index contributed by atoms with van der Waals surface area (Å²) >= 11 is 7.66. The lowest BCUT2D eigenvalue weighted by atomic mass is 10.3. The fourth-order valence-corrected chi connectivity index (χ4v) is 2.44. The smallest absolute Gasteiger partial charge is 0.125 e. The molecule has 88 valence electrons. The lowest BCUT2D eigenvalue weighted by molar-refractivity contribution is 1.13. The van der Waals surface area contributed by atoms with Crippen molar-refractivity contribution >= 4 is 29.2 Å². The van der Waals surface area contributed by atoms with Crippen molar-refractivity contribution in [3.63, 3.8) is 0 Å². The summed E-state index contributed by atoms with van der Waals surface area (Å²) in [7, 11) is 1.86. The van der Waals surface area contributed by atoms with Crippen LogP contribution >= 0.6 is 23.4 Å². The Bertz CT molecular complexity index is 505. The molecule has 0 spiro atoms. The van der Waals surface area contributed by atoms with E-state index in [0.717, 1.165) is 16.6 Å². The molecule has 2 aromatic rings. The van der Waals surface area contributed by atoms with E-state index in [1.165, 1.54) is 5.56 Å². The van der Waals surface area contributed by atoms with Crippen LogP contribution in [0, 0.1) is 0 Å². The van der Waals surface area contributed by atoms with Crippen molar-refractivity contribution in [1.82, 2.24) is 9.97 Å². The molecule has 17 heavy (non-hydrogen) atoms. The van der Waals surface area contributed by atoms with Crippen molar-refractivity contribution < 1.29 is 0 Å². The van der Waals surface area contributed by atoms with E-state index in [1.807, 2.05) is 31.3 Å². The number of pyridine rings is 2. The molecule has 0 radical (unpaired) electrons. The Morgan fingerprint density at radius 2 is 2.18 bits per heavy atom. The minimum Gasteiger partial charge on any atom is -0.373 e. The van der Waals surface area contributed by atoms with Crippen molar-refractivity contribution in [1.29, 1.82) is 0 Å². The molecule has 0 aliphatic carbocycles. The zero-order valence-electron chi connectivity index (χ0n) is 9.35. The van der Waals surface area contributed by atoms with Gasteiger partial charge in [0.1, 0.15) is 10.8 Å². The average Bonchev–Trinajstić information content (AvgIpc) is 2.38. The Balaban J connectivity index is 2.05. The zero-order valence-corrected chi connectivity index (χ0v) is 10.9. The third-order valence-electron chi connectivity index (χ3n) is 2.18. The van der Waals surface area contributed by atoms with E-state index in [1.54, 1.807) is 24.2 Å². The average molecular weight is 266 g/mol. The lowest BCUT2D eigenvalue weighted by Crippen LogP contribution is -1.93. The third kappa shape index (κ3) is 3.35. The van der Waals surface area contributed by atoms with Gasteiger partial charge in [-0.3, -0.25) is 0 Å². The molecule has 2 rings (SSSR count). The van der Waals surface area contributed by atoms with Gasteiger partial charge in [-0.1, -0.05) is 11.6 Å². The summed E-state index contributed by atoms with van der Waals surface area (Å²) < 4.78 is 0. The van der Waals surface area contributed by atoms with Crippen LogP contribution in [-0.2, 0) is 5.75 Å². The van der Waals surface area contributed by atoms with Gasteiger partial charge in [-0.25, -0.2) is 9.97 Å². The van der Waals surface area contributed by atoms with Crippen LogP contribution in [0.4, 0.5) is 5.82 Å². The van der Waals surface area contributed by atoms with Crippen LogP contribution in [0.25, 0.3) is 0 Å².